The van der Waals surface area contributed by atoms with Gasteiger partial charge in [0.25, 0.3) is 0 Å². The number of carbonyl (C=O) groups excluding carboxylic acids is 1. The highest BCUT2D eigenvalue weighted by Crippen LogP contribution is 2.08. The Kier molecular flexibility index (Phi) is 9.10. The van der Waals surface area contributed by atoms with Crippen molar-refractivity contribution < 1.29 is 4.79 Å². The lowest BCUT2D eigenvalue weighted by atomic mass is 10.1. The van der Waals surface area contributed by atoms with Crippen LogP contribution in [0.5, 0.6) is 0 Å². The molecule has 0 fully saturated rings. The largest absolute Gasteiger partial charge is 0.348 e. The molecule has 0 saturated carbocycles. The van der Waals surface area contributed by atoms with Gasteiger partial charge >= 0.3 is 0 Å². The third-order valence-corrected chi connectivity index (χ3v) is 2.67. The number of hydrogen-bond acceptors (Lipinski definition) is 2. The zero-order chi connectivity index (χ0) is 14.7. The van der Waals surface area contributed by atoms with E-state index in [-0.39, 0.29) is 24.4 Å². The molecule has 0 aromatic heterocycles. The normalized spacial score (nSPS) is 13.1. The summed E-state index contributed by atoms with van der Waals surface area (Å²) < 4.78 is 0. The van der Waals surface area contributed by atoms with E-state index in [0.29, 0.717) is 13.1 Å². The second-order valence-electron chi connectivity index (χ2n) is 4.08. The van der Waals surface area contributed by atoms with Gasteiger partial charge in [-0.2, -0.15) is 0 Å². The first-order chi connectivity index (χ1) is 9.14. The Labute approximate surface area is 116 Å². The smallest absolute Gasteiger partial charge is 0.224 e. The molecule has 2 unspecified atom stereocenters. The molecule has 1 amide bonds. The molecule has 0 aliphatic rings. The first-order valence-corrected chi connectivity index (χ1v) is 6.25. The van der Waals surface area contributed by atoms with E-state index in [2.05, 4.69) is 43.1 Å². The molecule has 1 N–H and O–H groups in total. The van der Waals surface area contributed by atoms with E-state index < -0.39 is 0 Å². The van der Waals surface area contributed by atoms with Gasteiger partial charge in [0, 0.05) is 19.5 Å². The van der Waals surface area contributed by atoms with Crippen molar-refractivity contribution in [1.82, 2.24) is 10.2 Å². The standard InChI is InChI=1S/C16H24N2O/c1-6-11-16(19)17-14(9-4)15(10-5)18(12-7-2)13-8-3/h6-10,14-15H,1-5,11-13H2,(H,17,19). The van der Waals surface area contributed by atoms with Crippen molar-refractivity contribution in [2.75, 3.05) is 13.1 Å². The lowest BCUT2D eigenvalue weighted by Crippen LogP contribution is -2.49. The molecule has 0 radical (unpaired) electrons. The van der Waals surface area contributed by atoms with Crippen molar-refractivity contribution in [2.24, 2.45) is 0 Å². The van der Waals surface area contributed by atoms with Gasteiger partial charge in [-0.25, -0.2) is 0 Å². The Balaban J connectivity index is 4.91. The summed E-state index contributed by atoms with van der Waals surface area (Å²) in [5, 5.41) is 2.91. The summed E-state index contributed by atoms with van der Waals surface area (Å²) in [5.41, 5.74) is 0. The van der Waals surface area contributed by atoms with Crippen LogP contribution in [0.4, 0.5) is 0 Å². The average molecular weight is 260 g/mol. The van der Waals surface area contributed by atoms with Gasteiger partial charge in [0.15, 0.2) is 0 Å². The summed E-state index contributed by atoms with van der Waals surface area (Å²) in [7, 11) is 0. The number of rotatable bonds is 11. The minimum atomic E-state index is -0.204. The van der Waals surface area contributed by atoms with Gasteiger partial charge in [-0.15, -0.1) is 32.9 Å². The van der Waals surface area contributed by atoms with E-state index in [1.165, 1.54) is 0 Å². The van der Waals surface area contributed by atoms with Crippen LogP contribution in [-0.4, -0.2) is 36.0 Å². The van der Waals surface area contributed by atoms with Crippen molar-refractivity contribution in [3.8, 4) is 0 Å². The Bertz CT molecular complexity index is 337. The Morgan fingerprint density at radius 2 is 1.58 bits per heavy atom. The summed E-state index contributed by atoms with van der Waals surface area (Å²) in [6.45, 7) is 20.0. The van der Waals surface area contributed by atoms with Gasteiger partial charge in [0.2, 0.25) is 5.91 Å². The SMILES string of the molecule is C=CCC(=O)NC(C=C)C(C=C)N(CC=C)CC=C. The zero-order valence-corrected chi connectivity index (χ0v) is 11.6. The molecule has 104 valence electrons. The van der Waals surface area contributed by atoms with Crippen molar-refractivity contribution in [1.29, 1.82) is 0 Å². The maximum atomic E-state index is 11.6. The van der Waals surface area contributed by atoms with Crippen LogP contribution >= 0.6 is 0 Å². The number of nitrogens with one attached hydrogen (secondary N) is 1. The van der Waals surface area contributed by atoms with Crippen molar-refractivity contribution >= 4 is 5.91 Å². The average Bonchev–Trinajstić information content (AvgIpc) is 2.39. The van der Waals surface area contributed by atoms with E-state index >= 15 is 0 Å². The molecule has 0 heterocycles. The lowest BCUT2D eigenvalue weighted by Gasteiger charge is -2.32. The topological polar surface area (TPSA) is 32.3 Å². The first-order valence-electron chi connectivity index (χ1n) is 6.25. The highest BCUT2D eigenvalue weighted by molar-refractivity contribution is 5.78. The second kappa shape index (κ2) is 10.1. The fraction of sp³-hybridized carbons (Fsp3) is 0.312. The van der Waals surface area contributed by atoms with Crippen LogP contribution in [0.2, 0.25) is 0 Å². The van der Waals surface area contributed by atoms with E-state index in [1.54, 1.807) is 18.2 Å². The molecular weight excluding hydrogens is 236 g/mol. The first kappa shape index (κ1) is 17.1. The molecular formula is C16H24N2O. The maximum absolute atomic E-state index is 11.6. The van der Waals surface area contributed by atoms with Crippen LogP contribution in [0.15, 0.2) is 63.3 Å². The molecule has 0 saturated heterocycles. The fourth-order valence-electron chi connectivity index (χ4n) is 1.83. The molecule has 0 rings (SSSR count). The quantitative estimate of drug-likeness (QED) is 0.579. The van der Waals surface area contributed by atoms with Crippen LogP contribution in [-0.2, 0) is 4.79 Å². The van der Waals surface area contributed by atoms with Gasteiger partial charge in [-0.3, -0.25) is 9.69 Å². The lowest BCUT2D eigenvalue weighted by molar-refractivity contribution is -0.120. The second-order valence-corrected chi connectivity index (χ2v) is 4.08. The molecule has 0 bridgehead atoms. The summed E-state index contributed by atoms with van der Waals surface area (Å²) in [6, 6.07) is -0.257. The minimum Gasteiger partial charge on any atom is -0.348 e. The predicted molar refractivity (Wildman–Crippen MR) is 82.9 cm³/mol. The summed E-state index contributed by atoms with van der Waals surface area (Å²) in [6.07, 6.45) is 9.00. The molecule has 2 atom stereocenters. The molecule has 19 heavy (non-hydrogen) atoms. The van der Waals surface area contributed by atoms with E-state index in [1.807, 2.05) is 12.2 Å². The molecule has 0 aliphatic carbocycles. The highest BCUT2D eigenvalue weighted by Gasteiger charge is 2.22. The summed E-state index contributed by atoms with van der Waals surface area (Å²) in [4.78, 5) is 13.8. The minimum absolute atomic E-state index is 0.0535. The third-order valence-electron chi connectivity index (χ3n) is 2.67. The van der Waals surface area contributed by atoms with Gasteiger partial charge in [-0.05, 0) is 0 Å². The van der Waals surface area contributed by atoms with E-state index in [0.717, 1.165) is 0 Å². The molecule has 0 aliphatic heterocycles. The van der Waals surface area contributed by atoms with Crippen LogP contribution in [0.3, 0.4) is 0 Å². The van der Waals surface area contributed by atoms with Crippen LogP contribution in [0.1, 0.15) is 6.42 Å². The molecule has 0 aromatic carbocycles. The van der Waals surface area contributed by atoms with Gasteiger partial charge in [-0.1, -0.05) is 30.4 Å². The molecule has 3 heteroatoms. The molecule has 3 nitrogen and oxygen atoms in total. The zero-order valence-electron chi connectivity index (χ0n) is 11.6. The third kappa shape index (κ3) is 6.02. The number of amides is 1. The van der Waals surface area contributed by atoms with Crippen molar-refractivity contribution in [2.45, 2.75) is 18.5 Å². The van der Waals surface area contributed by atoms with E-state index in [4.69, 9.17) is 0 Å². The van der Waals surface area contributed by atoms with Crippen LogP contribution in [0, 0.1) is 0 Å². The summed E-state index contributed by atoms with van der Waals surface area (Å²) >= 11 is 0. The van der Waals surface area contributed by atoms with Gasteiger partial charge in [0.1, 0.15) is 0 Å². The van der Waals surface area contributed by atoms with Crippen LogP contribution < -0.4 is 5.32 Å². The maximum Gasteiger partial charge on any atom is 0.224 e. The molecule has 0 spiro atoms. The van der Waals surface area contributed by atoms with Crippen molar-refractivity contribution in [3.63, 3.8) is 0 Å². The fourth-order valence-corrected chi connectivity index (χ4v) is 1.83. The number of hydrogen-bond donors (Lipinski definition) is 1. The number of nitrogens with zero attached hydrogens (tertiary/aromatic N) is 1. The van der Waals surface area contributed by atoms with Gasteiger partial charge in [0.05, 0.1) is 12.1 Å². The Morgan fingerprint density at radius 3 is 1.95 bits per heavy atom. The predicted octanol–water partition coefficient (Wildman–Crippen LogP) is 2.46. The molecule has 0 aromatic rings. The monoisotopic (exact) mass is 260 g/mol. The number of carbonyl (C=O) groups is 1. The Hall–Kier alpha value is -1.87. The Morgan fingerprint density at radius 1 is 1.00 bits per heavy atom. The van der Waals surface area contributed by atoms with Crippen molar-refractivity contribution in [3.05, 3.63) is 63.3 Å². The van der Waals surface area contributed by atoms with E-state index in [9.17, 15) is 4.79 Å². The van der Waals surface area contributed by atoms with Gasteiger partial charge < -0.3 is 5.32 Å². The highest BCUT2D eigenvalue weighted by atomic mass is 16.1. The summed E-state index contributed by atoms with van der Waals surface area (Å²) in [5.74, 6) is -0.0797. The van der Waals surface area contributed by atoms with Crippen LogP contribution in [0.25, 0.3) is 0 Å².